The van der Waals surface area contributed by atoms with Crippen molar-refractivity contribution in [3.05, 3.63) is 0 Å². The molecule has 0 fully saturated rings. The predicted molar refractivity (Wildman–Crippen MR) is 37.1 cm³/mol. The highest BCUT2D eigenvalue weighted by atomic mass is 15.6. The van der Waals surface area contributed by atoms with Crippen molar-refractivity contribution < 1.29 is 0 Å². The average Bonchev–Trinajstić information content (AvgIpc) is 1.88. The fourth-order valence-electron chi connectivity index (χ4n) is 0.633. The summed E-state index contributed by atoms with van der Waals surface area (Å²) in [5.74, 6) is 5.30. The first-order valence-corrected chi connectivity index (χ1v) is 2.93. The van der Waals surface area contributed by atoms with E-state index in [4.69, 9.17) is 5.84 Å². The standard InChI is InChI=1S/C5H10N4/c1-2-5-3-7-4-9(6)8-5/h4H,2-3,6H2,1H3. The van der Waals surface area contributed by atoms with Crippen LogP contribution in [0.5, 0.6) is 0 Å². The van der Waals surface area contributed by atoms with Crippen LogP contribution in [0.1, 0.15) is 13.3 Å². The summed E-state index contributed by atoms with van der Waals surface area (Å²) in [4.78, 5) is 3.96. The van der Waals surface area contributed by atoms with Crippen molar-refractivity contribution in [3.63, 3.8) is 0 Å². The minimum atomic E-state index is 0.699. The maximum Gasteiger partial charge on any atom is 0.124 e. The summed E-state index contributed by atoms with van der Waals surface area (Å²) in [6.07, 6.45) is 2.43. The van der Waals surface area contributed by atoms with Gasteiger partial charge < -0.3 is 0 Å². The molecule has 4 nitrogen and oxygen atoms in total. The fourth-order valence-corrected chi connectivity index (χ4v) is 0.633. The van der Waals surface area contributed by atoms with Crippen molar-refractivity contribution in [1.29, 1.82) is 0 Å². The Balaban J connectivity index is 2.55. The SMILES string of the molecule is CCC1=NN(N)C=NC1. The van der Waals surface area contributed by atoms with E-state index in [9.17, 15) is 0 Å². The third-order valence-electron chi connectivity index (χ3n) is 1.14. The summed E-state index contributed by atoms with van der Waals surface area (Å²) in [7, 11) is 0. The molecule has 0 saturated carbocycles. The molecule has 9 heavy (non-hydrogen) atoms. The molecule has 1 aliphatic rings. The number of hydrogen-bond acceptors (Lipinski definition) is 4. The molecule has 4 heteroatoms. The van der Waals surface area contributed by atoms with E-state index in [1.54, 1.807) is 0 Å². The Morgan fingerprint density at radius 1 is 1.89 bits per heavy atom. The van der Waals surface area contributed by atoms with Gasteiger partial charge in [-0.1, -0.05) is 6.92 Å². The monoisotopic (exact) mass is 126 g/mol. The Labute approximate surface area is 54.0 Å². The Hall–Kier alpha value is -0.900. The Bertz CT molecular complexity index is 149. The van der Waals surface area contributed by atoms with Gasteiger partial charge in [-0.25, -0.2) is 5.84 Å². The van der Waals surface area contributed by atoms with Gasteiger partial charge in [-0.3, -0.25) is 4.99 Å². The molecule has 0 aromatic rings. The highest BCUT2D eigenvalue weighted by Crippen LogP contribution is 1.92. The van der Waals surface area contributed by atoms with E-state index in [1.165, 1.54) is 11.5 Å². The minimum absolute atomic E-state index is 0.699. The van der Waals surface area contributed by atoms with Crippen LogP contribution in [0.3, 0.4) is 0 Å². The number of rotatable bonds is 1. The number of nitrogens with zero attached hydrogens (tertiary/aromatic N) is 3. The van der Waals surface area contributed by atoms with Gasteiger partial charge in [0.1, 0.15) is 6.34 Å². The maximum absolute atomic E-state index is 5.30. The van der Waals surface area contributed by atoms with Gasteiger partial charge >= 0.3 is 0 Å². The molecule has 0 spiro atoms. The molecular weight excluding hydrogens is 116 g/mol. The third-order valence-corrected chi connectivity index (χ3v) is 1.14. The molecule has 0 amide bonds. The Morgan fingerprint density at radius 3 is 3.11 bits per heavy atom. The molecule has 0 radical (unpaired) electrons. The van der Waals surface area contributed by atoms with E-state index in [0.29, 0.717) is 6.54 Å². The van der Waals surface area contributed by atoms with Crippen LogP contribution in [0, 0.1) is 0 Å². The molecule has 1 heterocycles. The summed E-state index contributed by atoms with van der Waals surface area (Å²) >= 11 is 0. The van der Waals surface area contributed by atoms with Crippen LogP contribution < -0.4 is 5.84 Å². The summed E-state index contributed by atoms with van der Waals surface area (Å²) in [5.41, 5.74) is 1.03. The van der Waals surface area contributed by atoms with Crippen LogP contribution in [-0.2, 0) is 0 Å². The molecule has 0 aromatic heterocycles. The summed E-state index contributed by atoms with van der Waals surface area (Å²) in [6.45, 7) is 2.73. The van der Waals surface area contributed by atoms with Crippen LogP contribution >= 0.6 is 0 Å². The van der Waals surface area contributed by atoms with E-state index in [2.05, 4.69) is 10.1 Å². The number of aliphatic imine (C=N–C) groups is 1. The van der Waals surface area contributed by atoms with Gasteiger partial charge in [0.05, 0.1) is 12.3 Å². The van der Waals surface area contributed by atoms with Crippen molar-refractivity contribution in [1.82, 2.24) is 5.12 Å². The topological polar surface area (TPSA) is 54.0 Å². The van der Waals surface area contributed by atoms with Crippen molar-refractivity contribution in [2.24, 2.45) is 15.9 Å². The van der Waals surface area contributed by atoms with E-state index in [-0.39, 0.29) is 0 Å². The molecular formula is C5H10N4. The van der Waals surface area contributed by atoms with E-state index in [1.807, 2.05) is 6.92 Å². The number of nitrogens with two attached hydrogens (primary N) is 1. The molecule has 1 rings (SSSR count). The lowest BCUT2D eigenvalue weighted by Crippen LogP contribution is -2.29. The van der Waals surface area contributed by atoms with Gasteiger partial charge in [-0.2, -0.15) is 10.2 Å². The second kappa shape index (κ2) is 2.59. The van der Waals surface area contributed by atoms with Gasteiger partial charge in [0.2, 0.25) is 0 Å². The minimum Gasteiger partial charge on any atom is -0.266 e. The normalized spacial score (nSPS) is 18.0. The summed E-state index contributed by atoms with van der Waals surface area (Å²) in [5, 5.41) is 5.22. The largest absolute Gasteiger partial charge is 0.266 e. The number of hydrazone groups is 1. The van der Waals surface area contributed by atoms with Gasteiger partial charge in [0.25, 0.3) is 0 Å². The highest BCUT2D eigenvalue weighted by molar-refractivity contribution is 5.88. The van der Waals surface area contributed by atoms with E-state index >= 15 is 0 Å². The second-order valence-electron chi connectivity index (χ2n) is 1.86. The lowest BCUT2D eigenvalue weighted by Gasteiger charge is -2.11. The first-order valence-electron chi connectivity index (χ1n) is 2.93. The molecule has 1 aliphatic heterocycles. The van der Waals surface area contributed by atoms with Crippen LogP contribution in [0.2, 0.25) is 0 Å². The van der Waals surface area contributed by atoms with E-state index in [0.717, 1.165) is 12.1 Å². The predicted octanol–water partition coefficient (Wildman–Crippen LogP) is -0.0300. The fraction of sp³-hybridized carbons (Fsp3) is 0.600. The highest BCUT2D eigenvalue weighted by Gasteiger charge is 2.00. The van der Waals surface area contributed by atoms with Crippen LogP contribution in [0.25, 0.3) is 0 Å². The average molecular weight is 126 g/mol. The Kier molecular flexibility index (Phi) is 1.79. The zero-order valence-electron chi connectivity index (χ0n) is 5.41. The smallest absolute Gasteiger partial charge is 0.124 e. The zero-order chi connectivity index (χ0) is 6.69. The van der Waals surface area contributed by atoms with Crippen LogP contribution in [0.4, 0.5) is 0 Å². The third kappa shape index (κ3) is 1.50. The molecule has 0 aliphatic carbocycles. The maximum atomic E-state index is 5.30. The summed E-state index contributed by atoms with van der Waals surface area (Å²) in [6, 6.07) is 0. The lowest BCUT2D eigenvalue weighted by molar-refractivity contribution is 0.475. The second-order valence-corrected chi connectivity index (χ2v) is 1.86. The first kappa shape index (κ1) is 6.22. The van der Waals surface area contributed by atoms with Crippen LogP contribution in [-0.4, -0.2) is 23.7 Å². The molecule has 50 valence electrons. The zero-order valence-corrected chi connectivity index (χ0v) is 5.41. The quantitative estimate of drug-likeness (QED) is 0.501. The van der Waals surface area contributed by atoms with Crippen molar-refractivity contribution >= 4 is 12.1 Å². The molecule has 0 saturated heterocycles. The van der Waals surface area contributed by atoms with Crippen molar-refractivity contribution in [2.75, 3.05) is 6.54 Å². The Morgan fingerprint density at radius 2 is 2.67 bits per heavy atom. The van der Waals surface area contributed by atoms with Gasteiger partial charge in [0.15, 0.2) is 0 Å². The van der Waals surface area contributed by atoms with Crippen LogP contribution in [0.15, 0.2) is 10.1 Å². The number of hydrazine groups is 1. The lowest BCUT2D eigenvalue weighted by atomic mass is 10.3. The van der Waals surface area contributed by atoms with Gasteiger partial charge in [-0.05, 0) is 6.42 Å². The first-order chi connectivity index (χ1) is 4.33. The van der Waals surface area contributed by atoms with Gasteiger partial charge in [-0.15, -0.1) is 0 Å². The molecule has 2 N–H and O–H groups in total. The van der Waals surface area contributed by atoms with Crippen molar-refractivity contribution in [2.45, 2.75) is 13.3 Å². The molecule has 0 aromatic carbocycles. The van der Waals surface area contributed by atoms with Gasteiger partial charge in [0, 0.05) is 0 Å². The summed E-state index contributed by atoms with van der Waals surface area (Å²) < 4.78 is 0. The number of hydrogen-bond donors (Lipinski definition) is 1. The van der Waals surface area contributed by atoms with Crippen molar-refractivity contribution in [3.8, 4) is 0 Å². The molecule has 0 atom stereocenters. The molecule has 0 unspecified atom stereocenters. The van der Waals surface area contributed by atoms with E-state index < -0.39 is 0 Å². The molecule has 0 bridgehead atoms.